The normalized spacial score (nSPS) is 27.0. The highest BCUT2D eigenvalue weighted by molar-refractivity contribution is 5.89. The molecule has 3 aliphatic rings. The van der Waals surface area contributed by atoms with Gasteiger partial charge in [-0.25, -0.2) is 4.79 Å². The SMILES string of the molecule is CCO[C@H]1C[C@H](O)C12CCN(C(=O)Nc1ccc3c(c1)CCC3)CC2. The van der Waals surface area contributed by atoms with E-state index in [9.17, 15) is 9.90 Å². The molecule has 1 saturated carbocycles. The van der Waals surface area contributed by atoms with Crippen LogP contribution in [0.4, 0.5) is 10.5 Å². The van der Waals surface area contributed by atoms with E-state index in [1.807, 2.05) is 17.9 Å². The Morgan fingerprint density at radius 1 is 1.32 bits per heavy atom. The Bertz CT molecular complexity index is 650. The number of benzene rings is 1. The number of nitrogens with zero attached hydrogens (tertiary/aromatic N) is 1. The zero-order chi connectivity index (χ0) is 17.4. The molecule has 0 unspecified atom stereocenters. The molecular weight excluding hydrogens is 316 g/mol. The third-order valence-corrected chi connectivity index (χ3v) is 6.44. The first-order valence-electron chi connectivity index (χ1n) is 9.60. The Morgan fingerprint density at radius 2 is 2.08 bits per heavy atom. The van der Waals surface area contributed by atoms with E-state index in [0.717, 1.165) is 37.8 Å². The van der Waals surface area contributed by atoms with Gasteiger partial charge in [0.2, 0.25) is 0 Å². The summed E-state index contributed by atoms with van der Waals surface area (Å²) in [5.74, 6) is 0. The predicted octanol–water partition coefficient (Wildman–Crippen LogP) is 2.96. The first-order chi connectivity index (χ1) is 12.1. The molecule has 1 aliphatic heterocycles. The van der Waals surface area contributed by atoms with Gasteiger partial charge in [-0.3, -0.25) is 0 Å². The zero-order valence-corrected chi connectivity index (χ0v) is 15.0. The summed E-state index contributed by atoms with van der Waals surface area (Å²) in [6, 6.07) is 6.23. The van der Waals surface area contributed by atoms with Crippen LogP contribution in [0.2, 0.25) is 0 Å². The summed E-state index contributed by atoms with van der Waals surface area (Å²) < 4.78 is 5.80. The van der Waals surface area contributed by atoms with Crippen molar-refractivity contribution >= 4 is 11.7 Å². The number of likely N-dealkylation sites (tertiary alicyclic amines) is 1. The van der Waals surface area contributed by atoms with Gasteiger partial charge < -0.3 is 20.1 Å². The Labute approximate surface area is 149 Å². The Kier molecular flexibility index (Phi) is 4.46. The van der Waals surface area contributed by atoms with E-state index >= 15 is 0 Å². The quantitative estimate of drug-likeness (QED) is 0.886. The molecule has 136 valence electrons. The fourth-order valence-electron chi connectivity index (χ4n) is 4.79. The summed E-state index contributed by atoms with van der Waals surface area (Å²) >= 11 is 0. The molecule has 2 amide bonds. The lowest BCUT2D eigenvalue weighted by Crippen LogP contribution is -2.63. The van der Waals surface area contributed by atoms with Crippen molar-refractivity contribution in [1.82, 2.24) is 4.90 Å². The lowest BCUT2D eigenvalue weighted by molar-refractivity contribution is -0.207. The van der Waals surface area contributed by atoms with Crippen molar-refractivity contribution in [2.24, 2.45) is 5.41 Å². The lowest BCUT2D eigenvalue weighted by Gasteiger charge is -2.56. The van der Waals surface area contributed by atoms with E-state index in [0.29, 0.717) is 19.7 Å². The average Bonchev–Trinajstić information content (AvgIpc) is 3.09. The molecule has 1 aromatic rings. The molecular formula is C20H28N2O3. The van der Waals surface area contributed by atoms with Gasteiger partial charge in [0.25, 0.3) is 0 Å². The molecule has 2 atom stereocenters. The highest BCUT2D eigenvalue weighted by Crippen LogP contribution is 2.50. The monoisotopic (exact) mass is 344 g/mol. The Morgan fingerprint density at radius 3 is 2.80 bits per heavy atom. The van der Waals surface area contributed by atoms with Gasteiger partial charge in [0.15, 0.2) is 0 Å². The number of piperidine rings is 1. The van der Waals surface area contributed by atoms with E-state index in [-0.39, 0.29) is 23.7 Å². The number of carbonyl (C=O) groups is 1. The standard InChI is InChI=1S/C20H28N2O3/c1-2-25-18-13-17(23)20(18)8-10-22(11-9-20)19(24)21-16-7-6-14-4-3-5-15(14)12-16/h6-7,12,17-18,23H,2-5,8-11,13H2,1H3,(H,21,24)/t17-,18-/m0/s1. The van der Waals surface area contributed by atoms with Crippen LogP contribution in [0, 0.1) is 5.41 Å². The molecule has 25 heavy (non-hydrogen) atoms. The molecule has 2 aliphatic carbocycles. The first-order valence-corrected chi connectivity index (χ1v) is 9.60. The number of aryl methyl sites for hydroxylation is 2. The number of rotatable bonds is 3. The number of carbonyl (C=O) groups excluding carboxylic acids is 1. The number of amides is 2. The summed E-state index contributed by atoms with van der Waals surface area (Å²) in [5.41, 5.74) is 3.54. The number of aliphatic hydroxyl groups excluding tert-OH is 1. The Balaban J connectivity index is 1.35. The van der Waals surface area contributed by atoms with Gasteiger partial charge in [-0.1, -0.05) is 6.07 Å². The summed E-state index contributed by atoms with van der Waals surface area (Å²) in [7, 11) is 0. The van der Waals surface area contributed by atoms with Crippen LogP contribution in [0.1, 0.15) is 43.7 Å². The molecule has 1 aromatic carbocycles. The highest BCUT2D eigenvalue weighted by atomic mass is 16.5. The van der Waals surface area contributed by atoms with Crippen molar-refractivity contribution in [1.29, 1.82) is 0 Å². The van der Waals surface area contributed by atoms with Crippen molar-refractivity contribution < 1.29 is 14.6 Å². The van der Waals surface area contributed by atoms with E-state index < -0.39 is 0 Å². The summed E-state index contributed by atoms with van der Waals surface area (Å²) in [4.78, 5) is 14.5. The van der Waals surface area contributed by atoms with Crippen molar-refractivity contribution in [2.45, 2.75) is 57.7 Å². The smallest absolute Gasteiger partial charge is 0.321 e. The second-order valence-corrected chi connectivity index (χ2v) is 7.68. The third-order valence-electron chi connectivity index (χ3n) is 6.44. The molecule has 2 N–H and O–H groups in total. The van der Waals surface area contributed by atoms with Gasteiger partial charge in [-0.05, 0) is 62.3 Å². The van der Waals surface area contributed by atoms with Crippen molar-refractivity contribution in [3.05, 3.63) is 29.3 Å². The maximum Gasteiger partial charge on any atom is 0.321 e. The van der Waals surface area contributed by atoms with E-state index in [1.54, 1.807) is 0 Å². The minimum atomic E-state index is -0.286. The number of hydrogen-bond acceptors (Lipinski definition) is 3. The van der Waals surface area contributed by atoms with E-state index in [4.69, 9.17) is 4.74 Å². The number of aliphatic hydroxyl groups is 1. The van der Waals surface area contributed by atoms with Gasteiger partial charge in [0.1, 0.15) is 0 Å². The predicted molar refractivity (Wildman–Crippen MR) is 96.8 cm³/mol. The molecule has 1 spiro atoms. The van der Waals surface area contributed by atoms with Crippen LogP contribution in [0.5, 0.6) is 0 Å². The fraction of sp³-hybridized carbons (Fsp3) is 0.650. The van der Waals surface area contributed by atoms with Crippen molar-refractivity contribution in [2.75, 3.05) is 25.0 Å². The number of ether oxygens (including phenoxy) is 1. The van der Waals surface area contributed by atoms with Crippen LogP contribution < -0.4 is 5.32 Å². The van der Waals surface area contributed by atoms with Crippen LogP contribution in [0.3, 0.4) is 0 Å². The highest BCUT2D eigenvalue weighted by Gasteiger charge is 2.56. The zero-order valence-electron chi connectivity index (χ0n) is 15.0. The number of hydrogen-bond donors (Lipinski definition) is 2. The number of fused-ring (bicyclic) bond motifs is 1. The summed E-state index contributed by atoms with van der Waals surface area (Å²) in [6.45, 7) is 4.04. The first kappa shape index (κ1) is 16.9. The van der Waals surface area contributed by atoms with Crippen LogP contribution in [-0.2, 0) is 17.6 Å². The number of urea groups is 1. The molecule has 0 aromatic heterocycles. The summed E-state index contributed by atoms with van der Waals surface area (Å²) in [5, 5.41) is 13.3. The molecule has 4 rings (SSSR count). The second-order valence-electron chi connectivity index (χ2n) is 7.68. The molecule has 5 heteroatoms. The van der Waals surface area contributed by atoms with Crippen LogP contribution in [0.15, 0.2) is 18.2 Å². The maximum absolute atomic E-state index is 12.6. The van der Waals surface area contributed by atoms with Crippen LogP contribution >= 0.6 is 0 Å². The molecule has 1 heterocycles. The third kappa shape index (κ3) is 2.93. The van der Waals surface area contributed by atoms with Gasteiger partial charge in [0, 0.05) is 37.2 Å². The molecule has 2 fully saturated rings. The average molecular weight is 344 g/mol. The van der Waals surface area contributed by atoms with Gasteiger partial charge in [-0.2, -0.15) is 0 Å². The molecule has 0 radical (unpaired) electrons. The second kappa shape index (κ2) is 6.61. The van der Waals surface area contributed by atoms with E-state index in [2.05, 4.69) is 17.4 Å². The topological polar surface area (TPSA) is 61.8 Å². The van der Waals surface area contributed by atoms with Gasteiger partial charge >= 0.3 is 6.03 Å². The number of nitrogens with one attached hydrogen (secondary N) is 1. The van der Waals surface area contributed by atoms with Crippen LogP contribution in [-0.4, -0.2) is 47.9 Å². The minimum absolute atomic E-state index is 0.0328. The minimum Gasteiger partial charge on any atom is -0.392 e. The van der Waals surface area contributed by atoms with Crippen LogP contribution in [0.25, 0.3) is 0 Å². The van der Waals surface area contributed by atoms with Crippen molar-refractivity contribution in [3.63, 3.8) is 0 Å². The van der Waals surface area contributed by atoms with E-state index in [1.165, 1.54) is 17.5 Å². The molecule has 0 bridgehead atoms. The van der Waals surface area contributed by atoms with Gasteiger partial charge in [-0.15, -0.1) is 0 Å². The largest absolute Gasteiger partial charge is 0.392 e. The molecule has 5 nitrogen and oxygen atoms in total. The summed E-state index contributed by atoms with van der Waals surface area (Å²) in [6.07, 6.45) is 5.70. The fourth-order valence-corrected chi connectivity index (χ4v) is 4.79. The van der Waals surface area contributed by atoms with Crippen molar-refractivity contribution in [3.8, 4) is 0 Å². The maximum atomic E-state index is 12.6. The Hall–Kier alpha value is -1.59. The molecule has 1 saturated heterocycles. The van der Waals surface area contributed by atoms with Gasteiger partial charge in [0.05, 0.1) is 12.2 Å². The lowest BCUT2D eigenvalue weighted by atomic mass is 9.58. The number of anilines is 1.